The van der Waals surface area contributed by atoms with Gasteiger partial charge in [0.15, 0.2) is 0 Å². The quantitative estimate of drug-likeness (QED) is 0.775. The third-order valence-electron chi connectivity index (χ3n) is 2.67. The molecular weight excluding hydrogens is 272 g/mol. The van der Waals surface area contributed by atoms with Crippen LogP contribution < -0.4 is 11.1 Å². The van der Waals surface area contributed by atoms with Crippen molar-refractivity contribution in [2.24, 2.45) is 5.73 Å². The predicted molar refractivity (Wildman–Crippen MR) is 80.1 cm³/mol. The topological polar surface area (TPSA) is 102 Å². The molecule has 1 unspecified atom stereocenters. The van der Waals surface area contributed by atoms with Gasteiger partial charge in [0.1, 0.15) is 5.60 Å². The van der Waals surface area contributed by atoms with Crippen LogP contribution in [0.15, 0.2) is 24.3 Å². The van der Waals surface area contributed by atoms with Crippen LogP contribution in [0, 0.1) is 0 Å². The highest BCUT2D eigenvalue weighted by Gasteiger charge is 2.18. The van der Waals surface area contributed by atoms with Gasteiger partial charge < -0.3 is 15.6 Å². The van der Waals surface area contributed by atoms with Gasteiger partial charge in [0.2, 0.25) is 0 Å². The highest BCUT2D eigenvalue weighted by Crippen LogP contribution is 2.25. The molecule has 4 N–H and O–H groups in total. The second-order valence-corrected chi connectivity index (χ2v) is 5.75. The van der Waals surface area contributed by atoms with Gasteiger partial charge in [0, 0.05) is 18.2 Å². The van der Waals surface area contributed by atoms with Crippen LogP contribution in [0.1, 0.15) is 45.2 Å². The minimum Gasteiger partial charge on any atom is -0.481 e. The number of carbonyl (C=O) groups is 2. The molecular formula is C15H22N2O4. The van der Waals surface area contributed by atoms with Crippen LogP contribution in [0.4, 0.5) is 10.5 Å². The maximum absolute atomic E-state index is 11.8. The Morgan fingerprint density at radius 1 is 1.33 bits per heavy atom. The summed E-state index contributed by atoms with van der Waals surface area (Å²) < 4.78 is 5.19. The predicted octanol–water partition coefficient (Wildman–Crippen LogP) is 2.90. The lowest BCUT2D eigenvalue weighted by Gasteiger charge is -2.21. The second kappa shape index (κ2) is 7.08. The summed E-state index contributed by atoms with van der Waals surface area (Å²) in [5, 5.41) is 11.4. The lowest BCUT2D eigenvalue weighted by molar-refractivity contribution is -0.137. The lowest BCUT2D eigenvalue weighted by atomic mass is 10.0. The summed E-state index contributed by atoms with van der Waals surface area (Å²) >= 11 is 0. The normalized spacial score (nSPS) is 12.6. The SMILES string of the molecule is CC(C)(C)OC(=O)Nc1ccccc1C(N)CCC(=O)O. The van der Waals surface area contributed by atoms with Crippen LogP contribution in [-0.2, 0) is 9.53 Å². The molecule has 0 bridgehead atoms. The van der Waals surface area contributed by atoms with Gasteiger partial charge >= 0.3 is 12.1 Å². The molecule has 6 heteroatoms. The van der Waals surface area contributed by atoms with E-state index in [1.807, 2.05) is 0 Å². The molecule has 116 valence electrons. The minimum absolute atomic E-state index is 0.0259. The number of carboxylic acids is 1. The van der Waals surface area contributed by atoms with Crippen LogP contribution in [-0.4, -0.2) is 22.8 Å². The zero-order valence-electron chi connectivity index (χ0n) is 12.6. The van der Waals surface area contributed by atoms with Crippen molar-refractivity contribution in [1.82, 2.24) is 0 Å². The summed E-state index contributed by atoms with van der Waals surface area (Å²) in [6.45, 7) is 5.32. The number of benzene rings is 1. The van der Waals surface area contributed by atoms with Crippen molar-refractivity contribution >= 4 is 17.7 Å². The summed E-state index contributed by atoms with van der Waals surface area (Å²) in [6, 6.07) is 6.56. The summed E-state index contributed by atoms with van der Waals surface area (Å²) in [4.78, 5) is 22.4. The number of para-hydroxylation sites is 1. The van der Waals surface area contributed by atoms with E-state index in [0.29, 0.717) is 17.7 Å². The van der Waals surface area contributed by atoms with Crippen LogP contribution in [0.2, 0.25) is 0 Å². The largest absolute Gasteiger partial charge is 0.481 e. The Bertz CT molecular complexity index is 509. The molecule has 0 saturated heterocycles. The second-order valence-electron chi connectivity index (χ2n) is 5.75. The number of carbonyl (C=O) groups excluding carboxylic acids is 1. The third-order valence-corrected chi connectivity index (χ3v) is 2.67. The Morgan fingerprint density at radius 3 is 2.52 bits per heavy atom. The average Bonchev–Trinajstić information content (AvgIpc) is 2.34. The molecule has 0 spiro atoms. The van der Waals surface area contributed by atoms with Crippen molar-refractivity contribution in [2.45, 2.75) is 45.3 Å². The molecule has 6 nitrogen and oxygen atoms in total. The van der Waals surface area contributed by atoms with Crippen LogP contribution in [0.25, 0.3) is 0 Å². The molecule has 0 aromatic heterocycles. The summed E-state index contributed by atoms with van der Waals surface area (Å²) in [5.74, 6) is -0.900. The van der Waals surface area contributed by atoms with E-state index >= 15 is 0 Å². The van der Waals surface area contributed by atoms with E-state index in [9.17, 15) is 9.59 Å². The lowest BCUT2D eigenvalue weighted by Crippen LogP contribution is -2.28. The van der Waals surface area contributed by atoms with Gasteiger partial charge in [0.25, 0.3) is 0 Å². The van der Waals surface area contributed by atoms with E-state index in [0.717, 1.165) is 0 Å². The van der Waals surface area contributed by atoms with E-state index in [4.69, 9.17) is 15.6 Å². The number of hydrogen-bond donors (Lipinski definition) is 3. The average molecular weight is 294 g/mol. The van der Waals surface area contributed by atoms with Gasteiger partial charge in [-0.1, -0.05) is 18.2 Å². The highest BCUT2D eigenvalue weighted by molar-refractivity contribution is 5.86. The number of hydrogen-bond acceptors (Lipinski definition) is 4. The van der Waals surface area contributed by atoms with E-state index in [1.54, 1.807) is 45.0 Å². The maximum Gasteiger partial charge on any atom is 0.412 e. The van der Waals surface area contributed by atoms with E-state index in [2.05, 4.69) is 5.32 Å². The number of anilines is 1. The number of rotatable bonds is 5. The number of nitrogens with two attached hydrogens (primary N) is 1. The number of carboxylic acid groups (broad SMARTS) is 1. The molecule has 0 saturated carbocycles. The fourth-order valence-corrected chi connectivity index (χ4v) is 1.78. The van der Waals surface area contributed by atoms with Crippen molar-refractivity contribution in [3.63, 3.8) is 0 Å². The molecule has 0 fully saturated rings. The van der Waals surface area contributed by atoms with Crippen molar-refractivity contribution in [3.05, 3.63) is 29.8 Å². The Labute approximate surface area is 124 Å². The molecule has 1 amide bonds. The van der Waals surface area contributed by atoms with Crippen molar-refractivity contribution < 1.29 is 19.4 Å². The minimum atomic E-state index is -0.900. The zero-order valence-corrected chi connectivity index (χ0v) is 12.6. The van der Waals surface area contributed by atoms with Gasteiger partial charge in [-0.05, 0) is 38.8 Å². The number of nitrogens with one attached hydrogen (secondary N) is 1. The first-order valence-corrected chi connectivity index (χ1v) is 6.75. The molecule has 0 heterocycles. The molecule has 0 aliphatic carbocycles. The zero-order chi connectivity index (χ0) is 16.0. The smallest absolute Gasteiger partial charge is 0.412 e. The Hall–Kier alpha value is -2.08. The third kappa shape index (κ3) is 6.27. The van der Waals surface area contributed by atoms with E-state index in [1.165, 1.54) is 0 Å². The van der Waals surface area contributed by atoms with Crippen LogP contribution in [0.5, 0.6) is 0 Å². The highest BCUT2D eigenvalue weighted by atomic mass is 16.6. The fraction of sp³-hybridized carbons (Fsp3) is 0.467. The number of aliphatic carboxylic acids is 1. The van der Waals surface area contributed by atoms with Gasteiger partial charge in [0.05, 0.1) is 0 Å². The molecule has 1 rings (SSSR count). The molecule has 0 aliphatic rings. The van der Waals surface area contributed by atoms with Crippen LogP contribution in [0.3, 0.4) is 0 Å². The molecule has 0 aliphatic heterocycles. The monoisotopic (exact) mass is 294 g/mol. The van der Waals surface area contributed by atoms with Gasteiger partial charge in [-0.25, -0.2) is 4.79 Å². The summed E-state index contributed by atoms with van der Waals surface area (Å²) in [5.41, 5.74) is 6.62. The first-order chi connectivity index (χ1) is 9.69. The number of amides is 1. The number of ether oxygens (including phenoxy) is 1. The molecule has 1 atom stereocenters. The van der Waals surface area contributed by atoms with Gasteiger partial charge in [-0.2, -0.15) is 0 Å². The molecule has 1 aromatic carbocycles. The Morgan fingerprint density at radius 2 is 1.95 bits per heavy atom. The molecule has 1 aromatic rings. The summed E-state index contributed by atoms with van der Waals surface area (Å²) in [6.07, 6.45) is -0.301. The maximum atomic E-state index is 11.8. The van der Waals surface area contributed by atoms with Gasteiger partial charge in [-0.15, -0.1) is 0 Å². The van der Waals surface area contributed by atoms with E-state index in [-0.39, 0.29) is 6.42 Å². The Kier molecular flexibility index (Phi) is 5.72. The Balaban J connectivity index is 2.79. The fourth-order valence-electron chi connectivity index (χ4n) is 1.78. The van der Waals surface area contributed by atoms with Gasteiger partial charge in [-0.3, -0.25) is 10.1 Å². The van der Waals surface area contributed by atoms with Crippen molar-refractivity contribution in [3.8, 4) is 0 Å². The summed E-state index contributed by atoms with van der Waals surface area (Å²) in [7, 11) is 0. The first-order valence-electron chi connectivity index (χ1n) is 6.75. The van der Waals surface area contributed by atoms with Crippen molar-refractivity contribution in [1.29, 1.82) is 0 Å². The molecule has 0 radical (unpaired) electrons. The van der Waals surface area contributed by atoms with Crippen molar-refractivity contribution in [2.75, 3.05) is 5.32 Å². The standard InChI is InChI=1S/C15H22N2O4/c1-15(2,3)21-14(20)17-12-7-5-4-6-10(12)11(16)8-9-13(18)19/h4-7,11H,8-9,16H2,1-3H3,(H,17,20)(H,18,19). The van der Waals surface area contributed by atoms with E-state index < -0.39 is 23.7 Å². The molecule has 21 heavy (non-hydrogen) atoms. The first kappa shape index (κ1) is 17.0. The van der Waals surface area contributed by atoms with Crippen LogP contribution >= 0.6 is 0 Å².